The number of hydrogen-bond acceptors (Lipinski definition) is 4. The zero-order chi connectivity index (χ0) is 12.7. The topological polar surface area (TPSA) is 73.3 Å². The number of hydrogen-bond donors (Lipinski definition) is 1. The van der Waals surface area contributed by atoms with Gasteiger partial charge in [0.1, 0.15) is 23.1 Å². The Morgan fingerprint density at radius 3 is 2.29 bits per heavy atom. The summed E-state index contributed by atoms with van der Waals surface area (Å²) in [6, 6.07) is 3.76. The Morgan fingerprint density at radius 2 is 1.76 bits per heavy atom. The van der Waals surface area contributed by atoms with Crippen LogP contribution in [0.5, 0.6) is 0 Å². The molecule has 4 nitrogen and oxygen atoms in total. The summed E-state index contributed by atoms with van der Waals surface area (Å²) < 4.78 is 5.36. The van der Waals surface area contributed by atoms with Crippen molar-refractivity contribution >= 4 is 11.6 Å². The second-order valence-electron chi connectivity index (χ2n) is 4.13. The molecule has 1 aromatic rings. The van der Waals surface area contributed by atoms with Crippen LogP contribution >= 0.6 is 0 Å². The van der Waals surface area contributed by atoms with Gasteiger partial charge in [0.25, 0.3) is 0 Å². The number of carbonyl (C=O) groups excluding carboxylic acids is 2. The van der Waals surface area contributed by atoms with Crippen LogP contribution in [-0.4, -0.2) is 18.1 Å². The first-order valence-corrected chi connectivity index (χ1v) is 5.90. The molecule has 0 saturated carbocycles. The largest absolute Gasteiger partial charge is 0.466 e. The summed E-state index contributed by atoms with van der Waals surface area (Å²) in [5.41, 5.74) is 5.25. The van der Waals surface area contributed by atoms with Crippen LogP contribution in [-0.2, 0) is 16.0 Å². The van der Waals surface area contributed by atoms with Gasteiger partial charge < -0.3 is 10.2 Å². The first-order chi connectivity index (χ1) is 8.11. The number of furan rings is 1. The standard InChI is InChI=1S/C13H19NO3/c1-10-2-6-13(17-10)7-5-11(15)3-4-12(16)8-9-14/h2,6H,3-5,7-9,14H2,1H3. The highest BCUT2D eigenvalue weighted by Gasteiger charge is 2.08. The summed E-state index contributed by atoms with van der Waals surface area (Å²) in [5, 5.41) is 0. The first-order valence-electron chi connectivity index (χ1n) is 5.90. The van der Waals surface area contributed by atoms with E-state index in [-0.39, 0.29) is 11.6 Å². The minimum atomic E-state index is 0.0645. The maximum atomic E-state index is 11.5. The molecule has 1 aromatic heterocycles. The van der Waals surface area contributed by atoms with E-state index in [0.29, 0.717) is 38.6 Å². The van der Waals surface area contributed by atoms with E-state index < -0.39 is 0 Å². The molecular weight excluding hydrogens is 218 g/mol. The summed E-state index contributed by atoms with van der Waals surface area (Å²) in [6.07, 6.45) is 2.04. The van der Waals surface area contributed by atoms with E-state index in [1.54, 1.807) is 0 Å². The van der Waals surface area contributed by atoms with E-state index in [1.807, 2.05) is 19.1 Å². The van der Waals surface area contributed by atoms with Crippen molar-refractivity contribution in [3.63, 3.8) is 0 Å². The van der Waals surface area contributed by atoms with Crippen LogP contribution in [0, 0.1) is 6.92 Å². The molecule has 1 rings (SSSR count). The number of ketones is 2. The Hall–Kier alpha value is -1.42. The average Bonchev–Trinajstić information content (AvgIpc) is 2.70. The molecule has 2 N–H and O–H groups in total. The van der Waals surface area contributed by atoms with Crippen molar-refractivity contribution in [1.82, 2.24) is 0 Å². The van der Waals surface area contributed by atoms with Crippen molar-refractivity contribution < 1.29 is 14.0 Å². The zero-order valence-corrected chi connectivity index (χ0v) is 10.2. The minimum absolute atomic E-state index is 0.0645. The summed E-state index contributed by atoms with van der Waals surface area (Å²) >= 11 is 0. The maximum Gasteiger partial charge on any atom is 0.134 e. The van der Waals surface area contributed by atoms with E-state index >= 15 is 0 Å². The lowest BCUT2D eigenvalue weighted by atomic mass is 10.1. The van der Waals surface area contributed by atoms with E-state index in [9.17, 15) is 9.59 Å². The Balaban J connectivity index is 2.19. The fraction of sp³-hybridized carbons (Fsp3) is 0.538. The fourth-order valence-electron chi connectivity index (χ4n) is 1.57. The Labute approximate surface area is 101 Å². The predicted octanol–water partition coefficient (Wildman–Crippen LogP) is 1.79. The van der Waals surface area contributed by atoms with Crippen molar-refractivity contribution in [2.24, 2.45) is 5.73 Å². The van der Waals surface area contributed by atoms with Crippen LogP contribution in [0.2, 0.25) is 0 Å². The first kappa shape index (κ1) is 13.6. The second-order valence-corrected chi connectivity index (χ2v) is 4.13. The van der Waals surface area contributed by atoms with Gasteiger partial charge in [-0.3, -0.25) is 9.59 Å². The highest BCUT2D eigenvalue weighted by Crippen LogP contribution is 2.10. The summed E-state index contributed by atoms with van der Waals surface area (Å²) in [7, 11) is 0. The summed E-state index contributed by atoms with van der Waals surface area (Å²) in [6.45, 7) is 2.23. The van der Waals surface area contributed by atoms with Crippen molar-refractivity contribution in [3.8, 4) is 0 Å². The van der Waals surface area contributed by atoms with Gasteiger partial charge in [-0.15, -0.1) is 0 Å². The van der Waals surface area contributed by atoms with E-state index in [0.717, 1.165) is 11.5 Å². The number of carbonyl (C=O) groups is 2. The van der Waals surface area contributed by atoms with Gasteiger partial charge in [0.05, 0.1) is 0 Å². The van der Waals surface area contributed by atoms with Crippen molar-refractivity contribution in [2.75, 3.05) is 6.54 Å². The third-order valence-corrected chi connectivity index (χ3v) is 2.55. The molecule has 0 spiro atoms. The molecule has 4 heteroatoms. The molecule has 0 aromatic carbocycles. The molecule has 1 heterocycles. The zero-order valence-electron chi connectivity index (χ0n) is 10.2. The Bertz CT molecular complexity index is 382. The quantitative estimate of drug-likeness (QED) is 0.748. The van der Waals surface area contributed by atoms with Crippen LogP contribution in [0.1, 0.15) is 37.2 Å². The van der Waals surface area contributed by atoms with E-state index in [1.165, 1.54) is 0 Å². The molecule has 94 valence electrons. The molecule has 17 heavy (non-hydrogen) atoms. The molecule has 0 atom stereocenters. The van der Waals surface area contributed by atoms with Crippen LogP contribution in [0.3, 0.4) is 0 Å². The highest BCUT2D eigenvalue weighted by atomic mass is 16.3. The van der Waals surface area contributed by atoms with Crippen molar-refractivity contribution in [2.45, 2.75) is 39.0 Å². The van der Waals surface area contributed by atoms with Gasteiger partial charge in [-0.2, -0.15) is 0 Å². The van der Waals surface area contributed by atoms with Gasteiger partial charge in [-0.1, -0.05) is 0 Å². The monoisotopic (exact) mass is 237 g/mol. The highest BCUT2D eigenvalue weighted by molar-refractivity contribution is 5.86. The van der Waals surface area contributed by atoms with Gasteiger partial charge in [0, 0.05) is 32.1 Å². The predicted molar refractivity (Wildman–Crippen MR) is 64.7 cm³/mol. The second kappa shape index (κ2) is 7.01. The molecule has 0 aliphatic carbocycles. The van der Waals surface area contributed by atoms with Gasteiger partial charge in [0.2, 0.25) is 0 Å². The number of nitrogens with two attached hydrogens (primary N) is 1. The molecule has 0 fully saturated rings. The molecule has 0 unspecified atom stereocenters. The molecule has 0 saturated heterocycles. The van der Waals surface area contributed by atoms with Gasteiger partial charge in [0.15, 0.2) is 0 Å². The molecule has 0 radical (unpaired) electrons. The van der Waals surface area contributed by atoms with Crippen LogP contribution in [0.4, 0.5) is 0 Å². The van der Waals surface area contributed by atoms with Gasteiger partial charge >= 0.3 is 0 Å². The Morgan fingerprint density at radius 1 is 1.12 bits per heavy atom. The maximum absolute atomic E-state index is 11.5. The molecule has 0 aliphatic rings. The number of rotatable bonds is 8. The lowest BCUT2D eigenvalue weighted by molar-refractivity contribution is -0.124. The lowest BCUT2D eigenvalue weighted by Crippen LogP contribution is -2.10. The van der Waals surface area contributed by atoms with Gasteiger partial charge in [-0.05, 0) is 25.6 Å². The third kappa shape index (κ3) is 5.45. The number of Topliss-reactive ketones (excluding diaryl/α,β-unsaturated/α-hetero) is 2. The average molecular weight is 237 g/mol. The molecule has 0 bridgehead atoms. The van der Waals surface area contributed by atoms with Crippen LogP contribution in [0.15, 0.2) is 16.5 Å². The molecule has 0 aliphatic heterocycles. The SMILES string of the molecule is Cc1ccc(CCC(=O)CCC(=O)CCN)o1. The smallest absolute Gasteiger partial charge is 0.134 e. The van der Waals surface area contributed by atoms with E-state index in [4.69, 9.17) is 10.2 Å². The molecule has 0 amide bonds. The minimum Gasteiger partial charge on any atom is -0.466 e. The Kier molecular flexibility index (Phi) is 5.63. The lowest BCUT2D eigenvalue weighted by Gasteiger charge is -1.99. The van der Waals surface area contributed by atoms with Crippen LogP contribution in [0.25, 0.3) is 0 Å². The van der Waals surface area contributed by atoms with Crippen molar-refractivity contribution in [1.29, 1.82) is 0 Å². The third-order valence-electron chi connectivity index (χ3n) is 2.55. The van der Waals surface area contributed by atoms with Crippen LogP contribution < -0.4 is 5.73 Å². The normalized spacial score (nSPS) is 10.5. The van der Waals surface area contributed by atoms with Gasteiger partial charge in [-0.25, -0.2) is 0 Å². The van der Waals surface area contributed by atoms with Crippen molar-refractivity contribution in [3.05, 3.63) is 23.7 Å². The van der Waals surface area contributed by atoms with E-state index in [2.05, 4.69) is 0 Å². The summed E-state index contributed by atoms with van der Waals surface area (Å²) in [5.74, 6) is 1.84. The summed E-state index contributed by atoms with van der Waals surface area (Å²) in [4.78, 5) is 22.7. The fourth-order valence-corrected chi connectivity index (χ4v) is 1.57. The number of aryl methyl sites for hydroxylation is 2. The molecular formula is C13H19NO3.